The molecule has 2 aromatic carbocycles. The van der Waals surface area contributed by atoms with Gasteiger partial charge < -0.3 is 15.0 Å². The highest BCUT2D eigenvalue weighted by Gasteiger charge is 2.37. The van der Waals surface area contributed by atoms with Crippen LogP contribution in [0, 0.1) is 19.8 Å². The Morgan fingerprint density at radius 2 is 2.00 bits per heavy atom. The fourth-order valence-corrected chi connectivity index (χ4v) is 6.35. The van der Waals surface area contributed by atoms with E-state index in [9.17, 15) is 18.0 Å². The number of nitrogens with one attached hydrogen (secondary N) is 1. The molecule has 2 heterocycles. The highest BCUT2D eigenvalue weighted by molar-refractivity contribution is 7.89. The summed E-state index contributed by atoms with van der Waals surface area (Å²) >= 11 is 0. The average Bonchev–Trinajstić information content (AvgIpc) is 2.80. The van der Waals surface area contributed by atoms with Crippen molar-refractivity contribution in [1.29, 1.82) is 0 Å². The minimum atomic E-state index is -3.86. The molecule has 4 rings (SSSR count). The molecule has 34 heavy (non-hydrogen) atoms. The highest BCUT2D eigenvalue weighted by atomic mass is 32.2. The number of carbonyl (C=O) groups excluding carboxylic acids is 2. The maximum absolute atomic E-state index is 13.6. The summed E-state index contributed by atoms with van der Waals surface area (Å²) in [5, 5.41) is 2.75. The Labute approximate surface area is 200 Å². The number of aryl methyl sites for hydroxylation is 2. The van der Waals surface area contributed by atoms with Crippen molar-refractivity contribution in [3.8, 4) is 5.75 Å². The van der Waals surface area contributed by atoms with E-state index in [4.69, 9.17) is 4.74 Å². The van der Waals surface area contributed by atoms with Crippen LogP contribution < -0.4 is 15.0 Å². The first-order valence-electron chi connectivity index (χ1n) is 11.6. The Kier molecular flexibility index (Phi) is 6.69. The molecule has 2 amide bonds. The lowest BCUT2D eigenvalue weighted by Gasteiger charge is -2.34. The summed E-state index contributed by atoms with van der Waals surface area (Å²) in [5.74, 6) is -0.418. The Hall–Kier alpha value is -2.91. The number of rotatable bonds is 5. The summed E-state index contributed by atoms with van der Waals surface area (Å²) in [7, 11) is -3.86. The minimum Gasteiger partial charge on any atom is -0.479 e. The van der Waals surface area contributed by atoms with E-state index in [2.05, 4.69) is 5.32 Å². The van der Waals surface area contributed by atoms with Crippen molar-refractivity contribution in [2.75, 3.05) is 29.9 Å². The number of fused-ring (bicyclic) bond motifs is 1. The van der Waals surface area contributed by atoms with E-state index in [1.165, 1.54) is 10.4 Å². The van der Waals surface area contributed by atoms with Gasteiger partial charge in [0.25, 0.3) is 5.91 Å². The third kappa shape index (κ3) is 4.54. The van der Waals surface area contributed by atoms with Gasteiger partial charge in [-0.25, -0.2) is 8.42 Å². The Balaban J connectivity index is 1.58. The van der Waals surface area contributed by atoms with Gasteiger partial charge in [0.05, 0.1) is 16.5 Å². The van der Waals surface area contributed by atoms with Crippen LogP contribution in [0.1, 0.15) is 37.8 Å². The van der Waals surface area contributed by atoms with Crippen LogP contribution in [0.4, 0.5) is 11.4 Å². The molecule has 1 fully saturated rings. The smallest absolute Gasteiger partial charge is 0.265 e. The van der Waals surface area contributed by atoms with Crippen molar-refractivity contribution >= 4 is 33.2 Å². The molecule has 0 aromatic heterocycles. The number of hydrogen-bond acceptors (Lipinski definition) is 5. The molecule has 0 radical (unpaired) electrons. The van der Waals surface area contributed by atoms with Gasteiger partial charge in [0.2, 0.25) is 15.9 Å². The predicted molar refractivity (Wildman–Crippen MR) is 131 cm³/mol. The molecule has 0 spiro atoms. The first kappa shape index (κ1) is 24.2. The van der Waals surface area contributed by atoms with Crippen LogP contribution in [-0.4, -0.2) is 50.3 Å². The second-order valence-electron chi connectivity index (χ2n) is 8.99. The lowest BCUT2D eigenvalue weighted by Crippen LogP contribution is -2.47. The summed E-state index contributed by atoms with van der Waals surface area (Å²) in [6.45, 7) is 8.21. The second kappa shape index (κ2) is 9.38. The van der Waals surface area contributed by atoms with Crippen molar-refractivity contribution in [2.45, 2.75) is 51.5 Å². The quantitative estimate of drug-likeness (QED) is 0.700. The number of benzene rings is 2. The monoisotopic (exact) mass is 485 g/mol. The maximum Gasteiger partial charge on any atom is 0.265 e. The van der Waals surface area contributed by atoms with E-state index >= 15 is 0 Å². The zero-order valence-corrected chi connectivity index (χ0v) is 20.8. The molecule has 2 aliphatic heterocycles. The molecule has 2 unspecified atom stereocenters. The van der Waals surface area contributed by atoms with Gasteiger partial charge in [-0.1, -0.05) is 12.1 Å². The van der Waals surface area contributed by atoms with Crippen molar-refractivity contribution in [3.05, 3.63) is 47.5 Å². The van der Waals surface area contributed by atoms with E-state index in [0.717, 1.165) is 11.3 Å². The van der Waals surface area contributed by atoms with Crippen molar-refractivity contribution < 1.29 is 22.7 Å². The summed E-state index contributed by atoms with van der Waals surface area (Å²) in [6.07, 6.45) is 0.543. The number of hydrogen-bond donors (Lipinski definition) is 1. The highest BCUT2D eigenvalue weighted by Crippen LogP contribution is 2.36. The van der Waals surface area contributed by atoms with Gasteiger partial charge >= 0.3 is 0 Å². The van der Waals surface area contributed by atoms with Crippen LogP contribution in [-0.2, 0) is 19.6 Å². The van der Waals surface area contributed by atoms with Crippen LogP contribution in [0.5, 0.6) is 5.75 Å². The number of nitrogens with zero attached hydrogens (tertiary/aromatic N) is 2. The fraction of sp³-hybridized carbons (Fsp3) is 0.440. The molecular formula is C25H31N3O5S. The largest absolute Gasteiger partial charge is 0.479 e. The van der Waals surface area contributed by atoms with E-state index in [1.807, 2.05) is 38.1 Å². The zero-order valence-electron chi connectivity index (χ0n) is 20.0. The van der Waals surface area contributed by atoms with Crippen LogP contribution >= 0.6 is 0 Å². The zero-order chi connectivity index (χ0) is 24.6. The summed E-state index contributed by atoms with van der Waals surface area (Å²) in [4.78, 5) is 27.2. The van der Waals surface area contributed by atoms with Crippen LogP contribution in [0.3, 0.4) is 0 Å². The molecule has 0 bridgehead atoms. The molecule has 9 heteroatoms. The van der Waals surface area contributed by atoms with Gasteiger partial charge in [0.15, 0.2) is 6.10 Å². The predicted octanol–water partition coefficient (Wildman–Crippen LogP) is 3.48. The first-order chi connectivity index (χ1) is 16.1. The molecule has 0 saturated carbocycles. The number of amides is 2. The third-order valence-electron chi connectivity index (χ3n) is 6.45. The van der Waals surface area contributed by atoms with Gasteiger partial charge in [-0.3, -0.25) is 9.59 Å². The van der Waals surface area contributed by atoms with Crippen molar-refractivity contribution in [2.24, 2.45) is 5.92 Å². The lowest BCUT2D eigenvalue weighted by atomic mass is 9.97. The number of piperidine rings is 1. The third-order valence-corrected chi connectivity index (χ3v) is 8.46. The lowest BCUT2D eigenvalue weighted by molar-refractivity contribution is -0.123. The standard InChI is InChI=1S/C25H31N3O5S/c1-5-28(20-10-6-8-16(2)12-20)25(30)19-9-7-11-27(15-19)34(31,32)23-14-22-21(13-17(23)3)26-24(29)18(4)33-22/h6,8,10,12-14,18-19H,5,7,9,11,15H2,1-4H3,(H,26,29). The van der Waals surface area contributed by atoms with Crippen LogP contribution in [0.15, 0.2) is 41.3 Å². The van der Waals surface area contributed by atoms with Gasteiger partial charge in [-0.2, -0.15) is 4.31 Å². The molecular weight excluding hydrogens is 454 g/mol. The van der Waals surface area contributed by atoms with E-state index in [-0.39, 0.29) is 23.3 Å². The normalized spacial score (nSPS) is 20.8. The maximum atomic E-state index is 13.6. The molecule has 1 saturated heterocycles. The van der Waals surface area contributed by atoms with Gasteiger partial charge in [0, 0.05) is 31.4 Å². The SMILES string of the molecule is CCN(C(=O)C1CCCN(S(=O)(=O)c2cc3c(cc2C)NC(=O)C(C)O3)C1)c1cccc(C)c1. The average molecular weight is 486 g/mol. The van der Waals surface area contributed by atoms with Crippen LogP contribution in [0.2, 0.25) is 0 Å². The molecule has 2 aromatic rings. The number of anilines is 2. The van der Waals surface area contributed by atoms with E-state index in [0.29, 0.717) is 42.9 Å². The summed E-state index contributed by atoms with van der Waals surface area (Å²) in [6, 6.07) is 10.9. The van der Waals surface area contributed by atoms with Gasteiger partial charge in [-0.05, 0) is 69.9 Å². The number of sulfonamides is 1. The number of carbonyl (C=O) groups is 2. The Bertz CT molecular complexity index is 1230. The molecule has 1 N–H and O–H groups in total. The van der Waals surface area contributed by atoms with Gasteiger partial charge in [0.1, 0.15) is 5.75 Å². The fourth-order valence-electron chi connectivity index (χ4n) is 4.60. The molecule has 2 aliphatic rings. The summed E-state index contributed by atoms with van der Waals surface area (Å²) < 4.78 is 34.3. The van der Waals surface area contributed by atoms with E-state index < -0.39 is 22.0 Å². The van der Waals surface area contributed by atoms with Crippen LogP contribution in [0.25, 0.3) is 0 Å². The second-order valence-corrected chi connectivity index (χ2v) is 10.9. The Morgan fingerprint density at radius 1 is 1.24 bits per heavy atom. The molecule has 182 valence electrons. The van der Waals surface area contributed by atoms with Gasteiger partial charge in [-0.15, -0.1) is 0 Å². The topological polar surface area (TPSA) is 96.0 Å². The van der Waals surface area contributed by atoms with Crippen molar-refractivity contribution in [1.82, 2.24) is 4.31 Å². The number of ether oxygens (including phenoxy) is 1. The Morgan fingerprint density at radius 3 is 2.71 bits per heavy atom. The van der Waals surface area contributed by atoms with E-state index in [1.54, 1.807) is 24.8 Å². The minimum absolute atomic E-state index is 0.0602. The van der Waals surface area contributed by atoms with Crippen molar-refractivity contribution in [3.63, 3.8) is 0 Å². The summed E-state index contributed by atoms with van der Waals surface area (Å²) in [5.41, 5.74) is 2.86. The molecule has 2 atom stereocenters. The first-order valence-corrected chi connectivity index (χ1v) is 13.1. The molecule has 0 aliphatic carbocycles. The molecule has 8 nitrogen and oxygen atoms in total.